The molecule has 10 nitrogen and oxygen atoms in total. The minimum absolute atomic E-state index is 0.0417. The van der Waals surface area contributed by atoms with Gasteiger partial charge in [0, 0.05) is 13.0 Å². The number of esters is 1. The van der Waals surface area contributed by atoms with Gasteiger partial charge in [0.25, 0.3) is 0 Å². The zero-order valence-electron chi connectivity index (χ0n) is 20.2. The van der Waals surface area contributed by atoms with Gasteiger partial charge in [-0.2, -0.15) is 0 Å². The van der Waals surface area contributed by atoms with Crippen molar-refractivity contribution in [2.75, 3.05) is 26.9 Å². The number of nitrogens with one attached hydrogen (secondary N) is 2. The van der Waals surface area contributed by atoms with Crippen LogP contribution in [0, 0.1) is 5.92 Å². The van der Waals surface area contributed by atoms with Crippen LogP contribution in [0.2, 0.25) is 0 Å². The number of carbonyl (C=O) groups is 3. The van der Waals surface area contributed by atoms with E-state index < -0.39 is 35.9 Å². The molecule has 2 aliphatic heterocycles. The predicted molar refractivity (Wildman–Crippen MR) is 128 cm³/mol. The second-order valence-electron chi connectivity index (χ2n) is 8.30. The van der Waals surface area contributed by atoms with Crippen molar-refractivity contribution in [2.45, 2.75) is 51.2 Å². The summed E-state index contributed by atoms with van der Waals surface area (Å²) in [6.45, 7) is 4.47. The first kappa shape index (κ1) is 27.2. The lowest BCUT2D eigenvalue weighted by Crippen LogP contribution is -2.56. The zero-order chi connectivity index (χ0) is 24.9. The number of ether oxygens (including phenoxy) is 3. The van der Waals surface area contributed by atoms with Crippen molar-refractivity contribution in [3.63, 3.8) is 0 Å². The maximum Gasteiger partial charge on any atom is 0.330 e. The third kappa shape index (κ3) is 8.70. The van der Waals surface area contributed by atoms with Gasteiger partial charge in [-0.3, -0.25) is 9.59 Å². The van der Waals surface area contributed by atoms with Crippen molar-refractivity contribution in [3.05, 3.63) is 29.8 Å². The molecule has 11 heteroatoms. The maximum atomic E-state index is 13.1. The Kier molecular flexibility index (Phi) is 11.4. The molecule has 0 saturated carbocycles. The molecule has 0 radical (unpaired) electrons. The topological polar surface area (TPSA) is 125 Å². The number of amides is 2. The van der Waals surface area contributed by atoms with Gasteiger partial charge >= 0.3 is 14.0 Å². The molecular weight excluding hydrogens is 441 g/mol. The summed E-state index contributed by atoms with van der Waals surface area (Å²) in [5, 5.41) is 5.42. The second kappa shape index (κ2) is 14.2. The Labute approximate surface area is 201 Å². The van der Waals surface area contributed by atoms with Gasteiger partial charge in [-0.25, -0.2) is 9.79 Å². The zero-order valence-corrected chi connectivity index (χ0v) is 20.2. The van der Waals surface area contributed by atoms with Crippen molar-refractivity contribution in [1.82, 2.24) is 10.6 Å². The Balaban J connectivity index is 2.28. The Morgan fingerprint density at radius 1 is 1.15 bits per heavy atom. The number of hydrogen-bond acceptors (Lipinski definition) is 8. The van der Waals surface area contributed by atoms with Crippen molar-refractivity contribution in [3.8, 4) is 5.75 Å². The summed E-state index contributed by atoms with van der Waals surface area (Å²) in [6, 6.07) is 4.75. The van der Waals surface area contributed by atoms with Crippen LogP contribution in [-0.4, -0.2) is 77.3 Å². The number of carbonyl (C=O) groups excluding carboxylic acids is 3. The SMILES string of the molecule is BOC=N[C@H]1Cc2ccc(cc2)OCCCCOC[C@@H](C(=O)OC)NC(=O)[C@H](C(C)C)NC1=O. The van der Waals surface area contributed by atoms with Gasteiger partial charge in [0.05, 0.1) is 20.3 Å². The van der Waals surface area contributed by atoms with Gasteiger partial charge in [-0.05, 0) is 36.5 Å². The van der Waals surface area contributed by atoms with E-state index in [1.807, 2.05) is 24.3 Å². The van der Waals surface area contributed by atoms with E-state index in [-0.39, 0.29) is 12.5 Å². The number of rotatable bonds is 4. The fourth-order valence-corrected chi connectivity index (χ4v) is 3.35. The molecule has 0 aromatic heterocycles. The molecule has 3 rings (SSSR count). The standard InChI is InChI=1S/C23H34BN3O7/c1-15(2)20-22(29)26-19(23(30)31-3)13-32-10-4-5-11-33-17-8-6-16(7-9-17)12-18(21(28)27-20)25-14-34-24/h6-9,14-15,18-20H,4-5,10-13,24H2,1-3H3,(H,26,29)(H,27,28)/t18-,19-,20-/m0/s1. The van der Waals surface area contributed by atoms with E-state index in [4.69, 9.17) is 18.9 Å². The monoisotopic (exact) mass is 475 g/mol. The molecule has 2 amide bonds. The first-order valence-corrected chi connectivity index (χ1v) is 11.4. The summed E-state index contributed by atoms with van der Waals surface area (Å²) in [7, 11) is 2.68. The quantitative estimate of drug-likeness (QED) is 0.209. The molecule has 0 saturated heterocycles. The molecule has 2 aliphatic rings. The number of nitrogens with zero attached hydrogens (tertiary/aromatic N) is 1. The van der Waals surface area contributed by atoms with E-state index in [9.17, 15) is 14.4 Å². The molecule has 0 spiro atoms. The van der Waals surface area contributed by atoms with Crippen molar-refractivity contribution < 1.29 is 33.2 Å². The van der Waals surface area contributed by atoms with Gasteiger partial charge in [-0.1, -0.05) is 26.0 Å². The largest absolute Gasteiger partial charge is 0.560 e. The first-order chi connectivity index (χ1) is 16.3. The van der Waals surface area contributed by atoms with Crippen molar-refractivity contribution in [1.29, 1.82) is 0 Å². The van der Waals surface area contributed by atoms with E-state index >= 15 is 0 Å². The van der Waals surface area contributed by atoms with Gasteiger partial charge in [0.15, 0.2) is 12.4 Å². The van der Waals surface area contributed by atoms with Crippen LogP contribution in [0.25, 0.3) is 0 Å². The van der Waals surface area contributed by atoms with Crippen LogP contribution in [0.15, 0.2) is 29.3 Å². The smallest absolute Gasteiger partial charge is 0.330 e. The maximum absolute atomic E-state index is 13.1. The Morgan fingerprint density at radius 3 is 2.50 bits per heavy atom. The highest BCUT2D eigenvalue weighted by atomic mass is 16.5. The Hall–Kier alpha value is -3.08. The molecule has 186 valence electrons. The average Bonchev–Trinajstić information content (AvgIpc) is 2.83. The minimum Gasteiger partial charge on any atom is -0.560 e. The molecular formula is C23H34BN3O7. The first-order valence-electron chi connectivity index (χ1n) is 11.4. The molecule has 2 N–H and O–H groups in total. The fourth-order valence-electron chi connectivity index (χ4n) is 3.35. The molecule has 1 aromatic carbocycles. The van der Waals surface area contributed by atoms with Crippen LogP contribution < -0.4 is 15.4 Å². The number of hydrogen-bond donors (Lipinski definition) is 2. The van der Waals surface area contributed by atoms with Crippen LogP contribution in [-0.2, 0) is 34.9 Å². The number of benzene rings is 1. The molecule has 0 aliphatic carbocycles. The van der Waals surface area contributed by atoms with E-state index in [1.165, 1.54) is 21.6 Å². The molecule has 0 unspecified atom stereocenters. The van der Waals surface area contributed by atoms with E-state index in [0.717, 1.165) is 24.2 Å². The lowest BCUT2D eigenvalue weighted by atomic mass is 10.0. The van der Waals surface area contributed by atoms with Gasteiger partial charge in [0.1, 0.15) is 17.8 Å². The highest BCUT2D eigenvalue weighted by Gasteiger charge is 2.31. The van der Waals surface area contributed by atoms with Crippen LogP contribution in [0.4, 0.5) is 0 Å². The normalized spacial score (nSPS) is 23.2. The average molecular weight is 475 g/mol. The van der Waals surface area contributed by atoms with E-state index in [0.29, 0.717) is 19.6 Å². The third-order valence-electron chi connectivity index (χ3n) is 5.29. The summed E-state index contributed by atoms with van der Waals surface area (Å²) in [4.78, 5) is 42.5. The van der Waals surface area contributed by atoms with Gasteiger partial charge in [0.2, 0.25) is 11.8 Å². The predicted octanol–water partition coefficient (Wildman–Crippen LogP) is 0.179. The minimum atomic E-state index is -0.994. The van der Waals surface area contributed by atoms with Crippen LogP contribution in [0.5, 0.6) is 5.75 Å². The second-order valence-corrected chi connectivity index (χ2v) is 8.30. The third-order valence-corrected chi connectivity index (χ3v) is 5.29. The Bertz CT molecular complexity index is 832. The number of methoxy groups -OCH3 is 1. The van der Waals surface area contributed by atoms with E-state index in [2.05, 4.69) is 15.6 Å². The van der Waals surface area contributed by atoms with Gasteiger partial charge < -0.3 is 29.5 Å². The fraction of sp³-hybridized carbons (Fsp3) is 0.565. The lowest BCUT2D eigenvalue weighted by molar-refractivity contribution is -0.147. The van der Waals surface area contributed by atoms with Crippen molar-refractivity contribution >= 4 is 32.2 Å². The summed E-state index contributed by atoms with van der Waals surface area (Å²) < 4.78 is 21.1. The number of fused-ring (bicyclic) bond motifs is 16. The van der Waals surface area contributed by atoms with Crippen molar-refractivity contribution in [2.24, 2.45) is 10.9 Å². The molecule has 3 atom stereocenters. The van der Waals surface area contributed by atoms with E-state index in [1.54, 1.807) is 13.8 Å². The van der Waals surface area contributed by atoms with Gasteiger partial charge in [-0.15, -0.1) is 0 Å². The highest BCUT2D eigenvalue weighted by Crippen LogP contribution is 2.16. The molecule has 0 fully saturated rings. The molecule has 2 heterocycles. The molecule has 34 heavy (non-hydrogen) atoms. The number of aliphatic imine (C=N–C) groups is 1. The Morgan fingerprint density at radius 2 is 1.85 bits per heavy atom. The lowest BCUT2D eigenvalue weighted by Gasteiger charge is -2.25. The summed E-state index contributed by atoms with van der Waals surface area (Å²) in [6.07, 6.45) is 2.99. The molecule has 1 aromatic rings. The summed E-state index contributed by atoms with van der Waals surface area (Å²) >= 11 is 0. The summed E-state index contributed by atoms with van der Waals surface area (Å²) in [5.41, 5.74) is 0.878. The van der Waals surface area contributed by atoms with Crippen LogP contribution >= 0.6 is 0 Å². The highest BCUT2D eigenvalue weighted by molar-refractivity contribution is 6.02. The summed E-state index contributed by atoms with van der Waals surface area (Å²) in [5.74, 6) is -1.09. The van der Waals surface area contributed by atoms with Crippen LogP contribution in [0.3, 0.4) is 0 Å². The van der Waals surface area contributed by atoms with Crippen LogP contribution in [0.1, 0.15) is 32.3 Å². The molecule has 2 bridgehead atoms.